The fourth-order valence-electron chi connectivity index (χ4n) is 1.61. The molecule has 0 spiro atoms. The van der Waals surface area contributed by atoms with Crippen molar-refractivity contribution in [3.05, 3.63) is 36.0 Å². The third kappa shape index (κ3) is 2.50. The molecule has 0 N–H and O–H groups in total. The zero-order valence-corrected chi connectivity index (χ0v) is 11.2. The van der Waals surface area contributed by atoms with Crippen LogP contribution in [-0.4, -0.2) is 11.0 Å². The van der Waals surface area contributed by atoms with Gasteiger partial charge in [-0.25, -0.2) is 0 Å². The summed E-state index contributed by atoms with van der Waals surface area (Å²) in [6.45, 7) is 7.41. The van der Waals surface area contributed by atoms with Crippen LogP contribution in [0, 0.1) is 12.3 Å². The van der Waals surface area contributed by atoms with Crippen molar-refractivity contribution in [2.75, 3.05) is 0 Å². The van der Waals surface area contributed by atoms with Crippen molar-refractivity contribution in [3.63, 3.8) is 0 Å². The van der Waals surface area contributed by atoms with Crippen molar-refractivity contribution in [3.8, 4) is 5.75 Å². The minimum Gasteiger partial charge on any atom is -0.425 e. The molecule has 3 heteroatoms. The Labute approximate surface area is 107 Å². The summed E-state index contributed by atoms with van der Waals surface area (Å²) < 4.78 is 5.49. The zero-order chi connectivity index (χ0) is 13.3. The van der Waals surface area contributed by atoms with Crippen LogP contribution in [-0.2, 0) is 4.79 Å². The van der Waals surface area contributed by atoms with Crippen LogP contribution in [0.15, 0.2) is 30.3 Å². The molecule has 0 atom stereocenters. The van der Waals surface area contributed by atoms with Crippen molar-refractivity contribution >= 4 is 16.9 Å². The molecule has 1 aromatic heterocycles. The summed E-state index contributed by atoms with van der Waals surface area (Å²) in [5.41, 5.74) is 1.16. The number of carbonyl (C=O) groups excluding carboxylic acids is 1. The number of hydrogen-bond acceptors (Lipinski definition) is 3. The van der Waals surface area contributed by atoms with Crippen LogP contribution in [0.25, 0.3) is 10.9 Å². The Kier molecular flexibility index (Phi) is 3.07. The number of nitrogens with zero attached hydrogens (tertiary/aromatic N) is 1. The number of para-hydroxylation sites is 1. The van der Waals surface area contributed by atoms with E-state index in [1.807, 2.05) is 52.0 Å². The monoisotopic (exact) mass is 243 g/mol. The molecule has 1 heterocycles. The first kappa shape index (κ1) is 12.6. The minimum absolute atomic E-state index is 0.238. The molecule has 3 nitrogen and oxygen atoms in total. The lowest BCUT2D eigenvalue weighted by Crippen LogP contribution is -2.25. The Bertz CT molecular complexity index is 597. The van der Waals surface area contributed by atoms with E-state index in [-0.39, 0.29) is 5.97 Å². The summed E-state index contributed by atoms with van der Waals surface area (Å²) >= 11 is 0. The van der Waals surface area contributed by atoms with Crippen LogP contribution < -0.4 is 4.74 Å². The lowest BCUT2D eigenvalue weighted by molar-refractivity contribution is -0.142. The van der Waals surface area contributed by atoms with Crippen molar-refractivity contribution < 1.29 is 9.53 Å². The van der Waals surface area contributed by atoms with Crippen LogP contribution in [0.5, 0.6) is 5.75 Å². The highest BCUT2D eigenvalue weighted by atomic mass is 16.5. The highest BCUT2D eigenvalue weighted by Crippen LogP contribution is 2.27. The molecule has 0 fully saturated rings. The van der Waals surface area contributed by atoms with E-state index in [1.165, 1.54) is 0 Å². The number of ether oxygens (including phenoxy) is 1. The number of esters is 1. The lowest BCUT2D eigenvalue weighted by Gasteiger charge is -2.17. The van der Waals surface area contributed by atoms with E-state index in [4.69, 9.17) is 4.74 Å². The van der Waals surface area contributed by atoms with E-state index in [1.54, 1.807) is 6.07 Å². The van der Waals surface area contributed by atoms with Gasteiger partial charge in [-0.3, -0.25) is 9.78 Å². The van der Waals surface area contributed by atoms with Gasteiger partial charge >= 0.3 is 5.97 Å². The van der Waals surface area contributed by atoms with Crippen molar-refractivity contribution in [1.82, 2.24) is 4.98 Å². The number of benzene rings is 1. The maximum Gasteiger partial charge on any atom is 0.316 e. The van der Waals surface area contributed by atoms with Crippen LogP contribution in [0.2, 0.25) is 0 Å². The van der Waals surface area contributed by atoms with E-state index < -0.39 is 5.41 Å². The second kappa shape index (κ2) is 4.41. The largest absolute Gasteiger partial charge is 0.425 e. The van der Waals surface area contributed by atoms with Gasteiger partial charge in [0.15, 0.2) is 0 Å². The van der Waals surface area contributed by atoms with Crippen molar-refractivity contribution in [1.29, 1.82) is 0 Å². The molecule has 0 unspecified atom stereocenters. The molecule has 0 aliphatic heterocycles. The lowest BCUT2D eigenvalue weighted by atomic mass is 9.97. The van der Waals surface area contributed by atoms with Gasteiger partial charge in [0.25, 0.3) is 0 Å². The molecule has 0 bridgehead atoms. The van der Waals surface area contributed by atoms with Gasteiger partial charge in [0.2, 0.25) is 0 Å². The third-order valence-corrected chi connectivity index (χ3v) is 2.62. The summed E-state index contributed by atoms with van der Waals surface area (Å²) in [5, 5.41) is 0.862. The van der Waals surface area contributed by atoms with Crippen molar-refractivity contribution in [2.24, 2.45) is 5.41 Å². The molecular weight excluding hydrogens is 226 g/mol. The predicted molar refractivity (Wildman–Crippen MR) is 71.6 cm³/mol. The van der Waals surface area contributed by atoms with Crippen LogP contribution in [0.1, 0.15) is 26.5 Å². The summed E-state index contributed by atoms with van der Waals surface area (Å²) in [7, 11) is 0. The molecule has 0 aliphatic rings. The van der Waals surface area contributed by atoms with Gasteiger partial charge in [-0.1, -0.05) is 12.1 Å². The average Bonchev–Trinajstić information content (AvgIpc) is 2.27. The summed E-state index contributed by atoms with van der Waals surface area (Å²) in [4.78, 5) is 16.4. The molecule has 94 valence electrons. The van der Waals surface area contributed by atoms with E-state index >= 15 is 0 Å². The van der Waals surface area contributed by atoms with Gasteiger partial charge in [0.05, 0.1) is 10.9 Å². The maximum atomic E-state index is 11.9. The fourth-order valence-corrected chi connectivity index (χ4v) is 1.61. The number of fused-ring (bicyclic) bond motifs is 1. The molecule has 18 heavy (non-hydrogen) atoms. The molecule has 2 rings (SSSR count). The molecule has 2 aromatic rings. The van der Waals surface area contributed by atoms with Gasteiger partial charge in [-0.2, -0.15) is 0 Å². The Hall–Kier alpha value is -1.90. The molecule has 0 saturated heterocycles. The Morgan fingerprint density at radius 2 is 1.89 bits per heavy atom. The first-order valence-corrected chi connectivity index (χ1v) is 5.96. The second-order valence-electron chi connectivity index (χ2n) is 5.42. The van der Waals surface area contributed by atoms with Gasteiger partial charge < -0.3 is 4.74 Å². The van der Waals surface area contributed by atoms with E-state index in [0.29, 0.717) is 5.75 Å². The Morgan fingerprint density at radius 1 is 1.22 bits per heavy atom. The topological polar surface area (TPSA) is 39.2 Å². The fraction of sp³-hybridized carbons (Fsp3) is 0.333. The average molecular weight is 243 g/mol. The van der Waals surface area contributed by atoms with Gasteiger partial charge in [0, 0.05) is 17.1 Å². The second-order valence-corrected chi connectivity index (χ2v) is 5.42. The highest BCUT2D eigenvalue weighted by molar-refractivity contribution is 5.88. The quantitative estimate of drug-likeness (QED) is 0.720. The first-order chi connectivity index (χ1) is 8.38. The molecule has 0 amide bonds. The summed E-state index contributed by atoms with van der Waals surface area (Å²) in [6, 6.07) is 9.45. The number of rotatable bonds is 1. The number of carbonyl (C=O) groups is 1. The zero-order valence-electron chi connectivity index (χ0n) is 11.2. The van der Waals surface area contributed by atoms with Gasteiger partial charge in [0.1, 0.15) is 5.75 Å². The van der Waals surface area contributed by atoms with E-state index in [0.717, 1.165) is 16.6 Å². The van der Waals surface area contributed by atoms with Crippen LogP contribution in [0.3, 0.4) is 0 Å². The predicted octanol–water partition coefficient (Wildman–Crippen LogP) is 3.49. The minimum atomic E-state index is -0.516. The van der Waals surface area contributed by atoms with E-state index in [2.05, 4.69) is 4.98 Å². The number of aromatic nitrogens is 1. The number of hydrogen-bond donors (Lipinski definition) is 0. The molecule has 0 radical (unpaired) electrons. The molecule has 1 aromatic carbocycles. The number of aryl methyl sites for hydroxylation is 1. The van der Waals surface area contributed by atoms with E-state index in [9.17, 15) is 4.79 Å². The third-order valence-electron chi connectivity index (χ3n) is 2.62. The Morgan fingerprint density at radius 3 is 2.56 bits per heavy atom. The SMILES string of the molecule is Cc1cc(OC(=O)C(C)(C)C)c2ccccc2n1. The first-order valence-electron chi connectivity index (χ1n) is 5.96. The standard InChI is InChI=1S/C15H17NO2/c1-10-9-13(18-14(17)15(2,3)4)11-7-5-6-8-12(11)16-10/h5-9H,1-4H3. The van der Waals surface area contributed by atoms with Crippen LogP contribution >= 0.6 is 0 Å². The van der Waals surface area contributed by atoms with Crippen molar-refractivity contribution in [2.45, 2.75) is 27.7 Å². The normalized spacial score (nSPS) is 11.6. The molecular formula is C15H17NO2. The van der Waals surface area contributed by atoms with Crippen LogP contribution in [0.4, 0.5) is 0 Å². The summed E-state index contributed by atoms with van der Waals surface area (Å²) in [5.74, 6) is 0.344. The summed E-state index contributed by atoms with van der Waals surface area (Å²) in [6.07, 6.45) is 0. The Balaban J connectivity index is 2.48. The molecule has 0 saturated carbocycles. The smallest absolute Gasteiger partial charge is 0.316 e. The van der Waals surface area contributed by atoms with Gasteiger partial charge in [-0.15, -0.1) is 0 Å². The maximum absolute atomic E-state index is 11.9. The molecule has 0 aliphatic carbocycles. The number of pyridine rings is 1. The highest BCUT2D eigenvalue weighted by Gasteiger charge is 2.24. The van der Waals surface area contributed by atoms with Gasteiger partial charge in [-0.05, 0) is 39.8 Å².